The van der Waals surface area contributed by atoms with Crippen molar-refractivity contribution >= 4 is 5.91 Å². The second-order valence-electron chi connectivity index (χ2n) is 5.70. The zero-order valence-corrected chi connectivity index (χ0v) is 12.1. The van der Waals surface area contributed by atoms with Crippen molar-refractivity contribution in [3.8, 4) is 11.5 Å². The molecule has 3 N–H and O–H groups in total. The number of amides is 1. The van der Waals surface area contributed by atoms with Crippen molar-refractivity contribution in [1.82, 2.24) is 5.32 Å². The Labute approximate surface area is 123 Å². The van der Waals surface area contributed by atoms with Gasteiger partial charge in [0.2, 0.25) is 5.91 Å². The summed E-state index contributed by atoms with van der Waals surface area (Å²) in [5, 5.41) is 2.92. The summed E-state index contributed by atoms with van der Waals surface area (Å²) >= 11 is 0. The van der Waals surface area contributed by atoms with E-state index in [9.17, 15) is 4.79 Å². The van der Waals surface area contributed by atoms with E-state index < -0.39 is 5.41 Å². The predicted octanol–water partition coefficient (Wildman–Crippen LogP) is 0.438. The third kappa shape index (κ3) is 2.69. The maximum atomic E-state index is 12.3. The van der Waals surface area contributed by atoms with E-state index in [1.54, 1.807) is 0 Å². The molecule has 6 nitrogen and oxygen atoms in total. The Morgan fingerprint density at radius 3 is 2.86 bits per heavy atom. The zero-order valence-electron chi connectivity index (χ0n) is 12.1. The zero-order chi connectivity index (χ0) is 14.9. The van der Waals surface area contributed by atoms with E-state index in [0.717, 1.165) is 17.1 Å². The number of ether oxygens (including phenoxy) is 3. The fraction of sp³-hybridized carbons (Fsp3) is 0.533. The van der Waals surface area contributed by atoms with Gasteiger partial charge in [-0.15, -0.1) is 0 Å². The lowest BCUT2D eigenvalue weighted by Crippen LogP contribution is -2.49. The highest BCUT2D eigenvalue weighted by molar-refractivity contribution is 5.83. The molecule has 3 rings (SSSR count). The van der Waals surface area contributed by atoms with E-state index in [-0.39, 0.29) is 11.9 Å². The van der Waals surface area contributed by atoms with Gasteiger partial charge in [-0.2, -0.15) is 0 Å². The number of carbonyl (C=O) groups excluding carboxylic acids is 1. The van der Waals surface area contributed by atoms with Crippen molar-refractivity contribution in [3.05, 3.63) is 23.8 Å². The summed E-state index contributed by atoms with van der Waals surface area (Å²) < 4.78 is 16.3. The SMILES string of the molecule is CC1(C(=O)NCc2ccc3c(c2)OCCO3)COCC1N. The number of rotatable bonds is 3. The molecule has 2 unspecified atom stereocenters. The highest BCUT2D eigenvalue weighted by atomic mass is 16.6. The Kier molecular flexibility index (Phi) is 3.73. The smallest absolute Gasteiger partial charge is 0.230 e. The lowest BCUT2D eigenvalue weighted by Gasteiger charge is -2.25. The summed E-state index contributed by atoms with van der Waals surface area (Å²) in [5.74, 6) is 1.39. The second kappa shape index (κ2) is 5.54. The highest BCUT2D eigenvalue weighted by Gasteiger charge is 2.44. The average Bonchev–Trinajstić information content (AvgIpc) is 2.85. The van der Waals surface area contributed by atoms with Crippen LogP contribution in [0.1, 0.15) is 12.5 Å². The molecule has 0 aliphatic carbocycles. The van der Waals surface area contributed by atoms with E-state index in [1.807, 2.05) is 25.1 Å². The van der Waals surface area contributed by atoms with E-state index >= 15 is 0 Å². The van der Waals surface area contributed by atoms with Crippen LogP contribution in [-0.2, 0) is 16.1 Å². The number of hydrogen-bond acceptors (Lipinski definition) is 5. The fourth-order valence-electron chi connectivity index (χ4n) is 2.50. The van der Waals surface area contributed by atoms with Crippen molar-refractivity contribution < 1.29 is 19.0 Å². The van der Waals surface area contributed by atoms with Crippen LogP contribution in [-0.4, -0.2) is 38.4 Å². The van der Waals surface area contributed by atoms with Gasteiger partial charge < -0.3 is 25.3 Å². The third-order valence-electron chi connectivity index (χ3n) is 4.10. The molecule has 1 amide bonds. The molecule has 114 valence electrons. The van der Waals surface area contributed by atoms with Gasteiger partial charge in [-0.3, -0.25) is 4.79 Å². The molecule has 0 saturated carbocycles. The Morgan fingerprint density at radius 2 is 2.14 bits per heavy atom. The van der Waals surface area contributed by atoms with Crippen molar-refractivity contribution in [3.63, 3.8) is 0 Å². The van der Waals surface area contributed by atoms with Gasteiger partial charge in [0.25, 0.3) is 0 Å². The first-order chi connectivity index (χ1) is 10.1. The minimum atomic E-state index is -0.659. The van der Waals surface area contributed by atoms with Crippen LogP contribution in [0.25, 0.3) is 0 Å². The van der Waals surface area contributed by atoms with Gasteiger partial charge in [-0.25, -0.2) is 0 Å². The number of nitrogens with two attached hydrogens (primary N) is 1. The summed E-state index contributed by atoms with van der Waals surface area (Å²) in [4.78, 5) is 12.3. The minimum absolute atomic E-state index is 0.0811. The van der Waals surface area contributed by atoms with Crippen molar-refractivity contribution in [2.75, 3.05) is 26.4 Å². The van der Waals surface area contributed by atoms with Gasteiger partial charge in [0.15, 0.2) is 11.5 Å². The standard InChI is InChI=1S/C15H20N2O4/c1-15(9-19-8-13(15)16)14(18)17-7-10-2-3-11-12(6-10)21-5-4-20-11/h2-3,6,13H,4-5,7-9,16H2,1H3,(H,17,18). The first kappa shape index (κ1) is 14.2. The molecule has 0 aromatic heterocycles. The van der Waals surface area contributed by atoms with E-state index in [4.69, 9.17) is 19.9 Å². The lowest BCUT2D eigenvalue weighted by molar-refractivity contribution is -0.130. The molecule has 1 saturated heterocycles. The lowest BCUT2D eigenvalue weighted by atomic mass is 9.85. The van der Waals surface area contributed by atoms with Crippen LogP contribution in [0, 0.1) is 5.41 Å². The van der Waals surface area contributed by atoms with Crippen LogP contribution in [0.5, 0.6) is 11.5 Å². The molecule has 2 aliphatic heterocycles. The topological polar surface area (TPSA) is 82.8 Å². The van der Waals surface area contributed by atoms with Crippen LogP contribution in [0.15, 0.2) is 18.2 Å². The Hall–Kier alpha value is -1.79. The Morgan fingerprint density at radius 1 is 1.38 bits per heavy atom. The summed E-state index contributed by atoms with van der Waals surface area (Å²) in [6, 6.07) is 5.41. The van der Waals surface area contributed by atoms with Gasteiger partial charge in [-0.05, 0) is 24.6 Å². The maximum Gasteiger partial charge on any atom is 0.230 e. The molecule has 21 heavy (non-hydrogen) atoms. The Bertz CT molecular complexity index is 548. The molecule has 1 aromatic carbocycles. The summed E-state index contributed by atoms with van der Waals surface area (Å²) in [5.41, 5.74) is 6.25. The van der Waals surface area contributed by atoms with Crippen LogP contribution in [0.2, 0.25) is 0 Å². The minimum Gasteiger partial charge on any atom is -0.486 e. The average molecular weight is 292 g/mol. The van der Waals surface area contributed by atoms with E-state index in [2.05, 4.69) is 5.32 Å². The van der Waals surface area contributed by atoms with Crippen molar-refractivity contribution in [1.29, 1.82) is 0 Å². The van der Waals surface area contributed by atoms with E-state index in [0.29, 0.717) is 33.0 Å². The molecule has 6 heteroatoms. The molecule has 0 spiro atoms. The van der Waals surface area contributed by atoms with E-state index in [1.165, 1.54) is 0 Å². The predicted molar refractivity (Wildman–Crippen MR) is 76.2 cm³/mol. The number of carbonyl (C=O) groups is 1. The van der Waals surface area contributed by atoms with Gasteiger partial charge in [0, 0.05) is 12.6 Å². The highest BCUT2D eigenvalue weighted by Crippen LogP contribution is 2.31. The monoisotopic (exact) mass is 292 g/mol. The molecule has 0 radical (unpaired) electrons. The molecular weight excluding hydrogens is 272 g/mol. The van der Waals surface area contributed by atoms with Gasteiger partial charge >= 0.3 is 0 Å². The molecule has 0 bridgehead atoms. The quantitative estimate of drug-likeness (QED) is 0.844. The van der Waals surface area contributed by atoms with Crippen molar-refractivity contribution in [2.24, 2.45) is 11.1 Å². The molecule has 2 atom stereocenters. The fourth-order valence-corrected chi connectivity index (χ4v) is 2.50. The first-order valence-corrected chi connectivity index (χ1v) is 7.10. The molecular formula is C15H20N2O4. The van der Waals surface area contributed by atoms with Crippen LogP contribution in [0.4, 0.5) is 0 Å². The largest absolute Gasteiger partial charge is 0.486 e. The molecule has 1 aromatic rings. The first-order valence-electron chi connectivity index (χ1n) is 7.10. The van der Waals surface area contributed by atoms with Gasteiger partial charge in [0.1, 0.15) is 13.2 Å². The third-order valence-corrected chi connectivity index (χ3v) is 4.10. The summed E-state index contributed by atoms with van der Waals surface area (Å²) in [7, 11) is 0. The van der Waals surface area contributed by atoms with Crippen LogP contribution < -0.4 is 20.5 Å². The molecule has 1 fully saturated rings. The normalized spacial score (nSPS) is 27.4. The van der Waals surface area contributed by atoms with Crippen LogP contribution >= 0.6 is 0 Å². The Balaban J connectivity index is 1.64. The van der Waals surface area contributed by atoms with Crippen LogP contribution in [0.3, 0.4) is 0 Å². The van der Waals surface area contributed by atoms with Gasteiger partial charge in [0.05, 0.1) is 18.6 Å². The number of fused-ring (bicyclic) bond motifs is 1. The maximum absolute atomic E-state index is 12.3. The number of hydrogen-bond donors (Lipinski definition) is 2. The number of benzene rings is 1. The number of nitrogens with one attached hydrogen (secondary N) is 1. The molecule has 2 aliphatic rings. The van der Waals surface area contributed by atoms with Gasteiger partial charge in [-0.1, -0.05) is 6.07 Å². The van der Waals surface area contributed by atoms with Crippen molar-refractivity contribution in [2.45, 2.75) is 19.5 Å². The summed E-state index contributed by atoms with van der Waals surface area (Å²) in [6.45, 7) is 4.17. The molecule has 2 heterocycles. The second-order valence-corrected chi connectivity index (χ2v) is 5.70. The summed E-state index contributed by atoms with van der Waals surface area (Å²) in [6.07, 6.45) is 0.